The standard InChI is InChI=1S/C9H20N2O3S.ClH/c1-4-5-6-15(13,14)11-8(7(2)3)9(10)12;/h7-8,11H,4-6H2,1-3H3,(H2,10,12);1H/t8-;/m0./s1. The van der Waals surface area contributed by atoms with Gasteiger partial charge in [0.1, 0.15) is 6.04 Å². The van der Waals surface area contributed by atoms with E-state index >= 15 is 0 Å². The van der Waals surface area contributed by atoms with Gasteiger partial charge in [-0.3, -0.25) is 4.79 Å². The Hall–Kier alpha value is -0.330. The van der Waals surface area contributed by atoms with Gasteiger partial charge >= 0.3 is 0 Å². The van der Waals surface area contributed by atoms with Gasteiger partial charge in [0.2, 0.25) is 15.9 Å². The largest absolute Gasteiger partial charge is 0.368 e. The Balaban J connectivity index is 0. The summed E-state index contributed by atoms with van der Waals surface area (Å²) in [5.41, 5.74) is 5.11. The van der Waals surface area contributed by atoms with Gasteiger partial charge in [-0.2, -0.15) is 0 Å². The maximum Gasteiger partial charge on any atom is 0.235 e. The summed E-state index contributed by atoms with van der Waals surface area (Å²) in [4.78, 5) is 11.0. The van der Waals surface area contributed by atoms with E-state index in [1.54, 1.807) is 13.8 Å². The predicted molar refractivity (Wildman–Crippen MR) is 66.9 cm³/mol. The van der Waals surface area contributed by atoms with Crippen LogP contribution < -0.4 is 10.5 Å². The van der Waals surface area contributed by atoms with Crippen LogP contribution in [-0.2, 0) is 14.8 Å². The van der Waals surface area contributed by atoms with Gasteiger partial charge in [0.25, 0.3) is 0 Å². The van der Waals surface area contributed by atoms with Crippen molar-refractivity contribution in [3.8, 4) is 0 Å². The number of sulfonamides is 1. The van der Waals surface area contributed by atoms with Gasteiger partial charge in [-0.25, -0.2) is 13.1 Å². The van der Waals surface area contributed by atoms with Crippen LogP contribution in [-0.4, -0.2) is 26.1 Å². The molecule has 5 nitrogen and oxygen atoms in total. The fourth-order valence-corrected chi connectivity index (χ4v) is 2.67. The summed E-state index contributed by atoms with van der Waals surface area (Å²) in [5.74, 6) is -0.732. The second-order valence-electron chi connectivity index (χ2n) is 3.91. The summed E-state index contributed by atoms with van der Waals surface area (Å²) >= 11 is 0. The van der Waals surface area contributed by atoms with Gasteiger partial charge in [-0.05, 0) is 12.3 Å². The molecule has 0 aliphatic heterocycles. The van der Waals surface area contributed by atoms with Gasteiger partial charge in [0.15, 0.2) is 0 Å². The molecule has 3 N–H and O–H groups in total. The smallest absolute Gasteiger partial charge is 0.235 e. The second-order valence-corrected chi connectivity index (χ2v) is 5.79. The molecule has 0 aromatic heterocycles. The third-order valence-corrected chi connectivity index (χ3v) is 3.49. The van der Waals surface area contributed by atoms with Crippen LogP contribution in [0.25, 0.3) is 0 Å². The molecule has 1 amide bonds. The van der Waals surface area contributed by atoms with Crippen molar-refractivity contribution in [2.45, 2.75) is 39.7 Å². The number of primary amides is 1. The molecule has 0 fully saturated rings. The Morgan fingerprint density at radius 1 is 1.38 bits per heavy atom. The number of hydrogen-bond donors (Lipinski definition) is 2. The number of nitrogens with two attached hydrogens (primary N) is 1. The quantitative estimate of drug-likeness (QED) is 0.713. The lowest BCUT2D eigenvalue weighted by molar-refractivity contribution is -0.120. The third kappa shape index (κ3) is 7.03. The SMILES string of the molecule is CCCCS(=O)(=O)N[C@H](C(N)=O)C(C)C.Cl. The minimum Gasteiger partial charge on any atom is -0.368 e. The van der Waals surface area contributed by atoms with Crippen molar-refractivity contribution < 1.29 is 13.2 Å². The zero-order valence-corrected chi connectivity index (χ0v) is 11.5. The topological polar surface area (TPSA) is 89.3 Å². The highest BCUT2D eigenvalue weighted by molar-refractivity contribution is 7.89. The van der Waals surface area contributed by atoms with Crippen molar-refractivity contribution in [1.29, 1.82) is 0 Å². The minimum absolute atomic E-state index is 0. The Labute approximate surface area is 104 Å². The van der Waals surface area contributed by atoms with Crippen LogP contribution >= 0.6 is 12.4 Å². The first kappa shape index (κ1) is 18.0. The lowest BCUT2D eigenvalue weighted by Gasteiger charge is -2.18. The van der Waals surface area contributed by atoms with E-state index in [1.165, 1.54) is 0 Å². The maximum atomic E-state index is 11.5. The first-order valence-electron chi connectivity index (χ1n) is 5.09. The van der Waals surface area contributed by atoms with Crippen molar-refractivity contribution in [2.24, 2.45) is 11.7 Å². The summed E-state index contributed by atoms with van der Waals surface area (Å²) in [5, 5.41) is 0. The van der Waals surface area contributed by atoms with Gasteiger partial charge in [0, 0.05) is 0 Å². The van der Waals surface area contributed by atoms with E-state index in [-0.39, 0.29) is 24.1 Å². The zero-order chi connectivity index (χ0) is 12.1. The van der Waals surface area contributed by atoms with E-state index in [1.807, 2.05) is 6.92 Å². The number of halogens is 1. The van der Waals surface area contributed by atoms with Gasteiger partial charge < -0.3 is 5.73 Å². The zero-order valence-electron chi connectivity index (χ0n) is 9.89. The fraction of sp³-hybridized carbons (Fsp3) is 0.889. The van der Waals surface area contributed by atoms with E-state index in [4.69, 9.17) is 5.73 Å². The number of unbranched alkanes of at least 4 members (excludes halogenated alkanes) is 1. The number of carbonyl (C=O) groups is 1. The lowest BCUT2D eigenvalue weighted by atomic mass is 10.1. The Kier molecular flexibility index (Phi) is 8.87. The Bertz CT molecular complexity index is 304. The predicted octanol–water partition coefficient (Wildman–Crippen LogP) is 0.638. The second kappa shape index (κ2) is 7.86. The molecule has 0 heterocycles. The monoisotopic (exact) mass is 272 g/mol. The van der Waals surface area contributed by atoms with Crippen molar-refractivity contribution in [3.05, 3.63) is 0 Å². The van der Waals surface area contributed by atoms with E-state index in [0.717, 1.165) is 6.42 Å². The molecule has 0 bridgehead atoms. The maximum absolute atomic E-state index is 11.5. The summed E-state index contributed by atoms with van der Waals surface area (Å²) < 4.78 is 25.3. The number of rotatable bonds is 7. The van der Waals surface area contributed by atoms with Crippen LogP contribution in [0.4, 0.5) is 0 Å². The molecule has 0 saturated carbocycles. The van der Waals surface area contributed by atoms with E-state index in [2.05, 4.69) is 4.72 Å². The Morgan fingerprint density at radius 2 is 1.88 bits per heavy atom. The molecular formula is C9H21ClN2O3S. The summed E-state index contributed by atoms with van der Waals surface area (Å²) in [6.07, 6.45) is 1.38. The molecule has 0 aromatic rings. The van der Waals surface area contributed by atoms with Crippen LogP contribution in [0.3, 0.4) is 0 Å². The molecule has 0 aromatic carbocycles. The van der Waals surface area contributed by atoms with Crippen molar-refractivity contribution in [3.63, 3.8) is 0 Å². The molecule has 0 radical (unpaired) electrons. The van der Waals surface area contributed by atoms with Crippen LogP contribution in [0, 0.1) is 5.92 Å². The molecular weight excluding hydrogens is 252 g/mol. The van der Waals surface area contributed by atoms with E-state index in [0.29, 0.717) is 6.42 Å². The molecule has 98 valence electrons. The molecule has 1 atom stereocenters. The Morgan fingerprint density at radius 3 is 2.19 bits per heavy atom. The highest BCUT2D eigenvalue weighted by atomic mass is 35.5. The first-order chi connectivity index (χ1) is 6.80. The summed E-state index contributed by atoms with van der Waals surface area (Å²) in [6.45, 7) is 5.40. The highest BCUT2D eigenvalue weighted by Crippen LogP contribution is 2.04. The van der Waals surface area contributed by atoms with Gasteiger partial charge in [0.05, 0.1) is 5.75 Å². The molecule has 0 rings (SSSR count). The van der Waals surface area contributed by atoms with Crippen molar-refractivity contribution in [1.82, 2.24) is 4.72 Å². The van der Waals surface area contributed by atoms with Crippen LogP contribution in [0.2, 0.25) is 0 Å². The van der Waals surface area contributed by atoms with Crippen LogP contribution in [0.15, 0.2) is 0 Å². The van der Waals surface area contributed by atoms with E-state index < -0.39 is 22.0 Å². The lowest BCUT2D eigenvalue weighted by Crippen LogP contribution is -2.48. The average Bonchev–Trinajstić information content (AvgIpc) is 2.10. The van der Waals surface area contributed by atoms with Gasteiger partial charge in [-0.15, -0.1) is 12.4 Å². The molecule has 16 heavy (non-hydrogen) atoms. The molecule has 7 heteroatoms. The van der Waals surface area contributed by atoms with Gasteiger partial charge in [-0.1, -0.05) is 27.2 Å². The highest BCUT2D eigenvalue weighted by Gasteiger charge is 2.24. The van der Waals surface area contributed by atoms with Crippen LogP contribution in [0.5, 0.6) is 0 Å². The normalized spacial score (nSPS) is 13.2. The molecule has 0 unspecified atom stereocenters. The average molecular weight is 273 g/mol. The molecule has 0 saturated heterocycles. The molecule has 0 aliphatic carbocycles. The third-order valence-electron chi connectivity index (χ3n) is 2.05. The minimum atomic E-state index is -3.38. The van der Waals surface area contributed by atoms with Crippen molar-refractivity contribution in [2.75, 3.05) is 5.75 Å². The summed E-state index contributed by atoms with van der Waals surface area (Å²) in [7, 11) is -3.38. The van der Waals surface area contributed by atoms with Crippen molar-refractivity contribution >= 4 is 28.3 Å². The summed E-state index contributed by atoms with van der Waals surface area (Å²) in [6, 6.07) is -0.813. The number of amides is 1. The number of carbonyl (C=O) groups excluding carboxylic acids is 1. The fourth-order valence-electron chi connectivity index (χ4n) is 1.11. The molecule has 0 spiro atoms. The van der Waals surface area contributed by atoms with E-state index in [9.17, 15) is 13.2 Å². The first-order valence-corrected chi connectivity index (χ1v) is 6.74. The number of hydrogen-bond acceptors (Lipinski definition) is 3. The molecule has 0 aliphatic rings. The number of nitrogens with one attached hydrogen (secondary N) is 1. The van der Waals surface area contributed by atoms with Crippen LogP contribution in [0.1, 0.15) is 33.6 Å².